The zero-order valence-electron chi connectivity index (χ0n) is 10.5. The van der Waals surface area contributed by atoms with Gasteiger partial charge in [0.25, 0.3) is 5.56 Å². The predicted molar refractivity (Wildman–Crippen MR) is 65.9 cm³/mol. The summed E-state index contributed by atoms with van der Waals surface area (Å²) in [6.07, 6.45) is -3.94. The molecule has 1 aromatic heterocycles. The highest BCUT2D eigenvalue weighted by Crippen LogP contribution is 2.28. The highest BCUT2D eigenvalue weighted by Gasteiger charge is 2.31. The first-order valence-corrected chi connectivity index (χ1v) is 5.77. The molecular formula is C14H8F4N2O. The number of halogens is 4. The third-order valence-electron chi connectivity index (χ3n) is 2.84. The van der Waals surface area contributed by atoms with Crippen LogP contribution in [0.15, 0.2) is 41.3 Å². The van der Waals surface area contributed by atoms with E-state index in [1.807, 2.05) is 0 Å². The lowest BCUT2D eigenvalue weighted by Crippen LogP contribution is -2.22. The molecule has 2 aromatic rings. The summed E-state index contributed by atoms with van der Waals surface area (Å²) in [5.41, 5.74) is -1.42. The summed E-state index contributed by atoms with van der Waals surface area (Å²) in [5, 5.41) is 8.90. The first kappa shape index (κ1) is 14.8. The Bertz CT molecular complexity index is 772. The lowest BCUT2D eigenvalue weighted by atomic mass is 10.1. The highest BCUT2D eigenvalue weighted by molar-refractivity contribution is 5.38. The number of nitriles is 1. The maximum atomic E-state index is 13.2. The van der Waals surface area contributed by atoms with E-state index >= 15 is 0 Å². The van der Waals surface area contributed by atoms with Gasteiger partial charge in [0.15, 0.2) is 0 Å². The maximum absolute atomic E-state index is 13.2. The van der Waals surface area contributed by atoms with Gasteiger partial charge in [-0.15, -0.1) is 0 Å². The van der Waals surface area contributed by atoms with Crippen LogP contribution in [0.1, 0.15) is 16.7 Å². The van der Waals surface area contributed by atoms with Crippen molar-refractivity contribution in [3.8, 4) is 6.07 Å². The first-order chi connectivity index (χ1) is 9.81. The third kappa shape index (κ3) is 3.28. The van der Waals surface area contributed by atoms with Crippen LogP contribution >= 0.6 is 0 Å². The van der Waals surface area contributed by atoms with Crippen molar-refractivity contribution in [1.29, 1.82) is 5.26 Å². The van der Waals surface area contributed by atoms with Crippen LogP contribution in [0.2, 0.25) is 0 Å². The molecule has 0 unspecified atom stereocenters. The minimum Gasteiger partial charge on any atom is -0.310 e. The van der Waals surface area contributed by atoms with Gasteiger partial charge in [-0.25, -0.2) is 4.39 Å². The Kier molecular flexibility index (Phi) is 3.80. The van der Waals surface area contributed by atoms with Crippen molar-refractivity contribution in [3.05, 3.63) is 69.4 Å². The molecule has 0 saturated heterocycles. The van der Waals surface area contributed by atoms with Crippen LogP contribution in [-0.4, -0.2) is 4.57 Å². The van der Waals surface area contributed by atoms with E-state index < -0.39 is 23.1 Å². The van der Waals surface area contributed by atoms with Gasteiger partial charge < -0.3 is 4.57 Å². The first-order valence-electron chi connectivity index (χ1n) is 5.77. The SMILES string of the molecule is N#Cc1ccc(F)cc1Cn1cc(C(F)(F)F)ccc1=O. The van der Waals surface area contributed by atoms with Gasteiger partial charge in [0.05, 0.1) is 23.7 Å². The number of hydrogen-bond donors (Lipinski definition) is 0. The van der Waals surface area contributed by atoms with E-state index in [0.717, 1.165) is 22.8 Å². The molecule has 1 heterocycles. The Morgan fingerprint density at radius 2 is 1.90 bits per heavy atom. The third-order valence-corrected chi connectivity index (χ3v) is 2.84. The van der Waals surface area contributed by atoms with E-state index in [1.165, 1.54) is 6.07 Å². The zero-order chi connectivity index (χ0) is 15.6. The maximum Gasteiger partial charge on any atom is 0.417 e. The molecular weight excluding hydrogens is 288 g/mol. The quantitative estimate of drug-likeness (QED) is 0.800. The van der Waals surface area contributed by atoms with E-state index in [4.69, 9.17) is 5.26 Å². The standard InChI is InChI=1S/C14H8F4N2O/c15-12-3-1-9(6-19)10(5-12)7-20-8-11(14(16,17)18)2-4-13(20)21/h1-5,8H,7H2. The molecule has 3 nitrogen and oxygen atoms in total. The molecule has 0 N–H and O–H groups in total. The van der Waals surface area contributed by atoms with Crippen molar-refractivity contribution in [1.82, 2.24) is 4.57 Å². The molecule has 7 heteroatoms. The van der Waals surface area contributed by atoms with Gasteiger partial charge in [-0.05, 0) is 29.8 Å². The summed E-state index contributed by atoms with van der Waals surface area (Å²) >= 11 is 0. The molecule has 0 saturated carbocycles. The van der Waals surface area contributed by atoms with Gasteiger partial charge in [-0.2, -0.15) is 18.4 Å². The lowest BCUT2D eigenvalue weighted by Gasteiger charge is -2.11. The number of alkyl halides is 3. The number of hydrogen-bond acceptors (Lipinski definition) is 2. The Labute approximate surface area is 116 Å². The van der Waals surface area contributed by atoms with Gasteiger partial charge in [-0.3, -0.25) is 4.79 Å². The fraction of sp³-hybridized carbons (Fsp3) is 0.143. The molecule has 0 aliphatic rings. The van der Waals surface area contributed by atoms with E-state index in [1.54, 1.807) is 6.07 Å². The van der Waals surface area contributed by atoms with E-state index in [2.05, 4.69) is 0 Å². The average molecular weight is 296 g/mol. The van der Waals surface area contributed by atoms with Crippen molar-refractivity contribution in [2.24, 2.45) is 0 Å². The molecule has 0 aliphatic carbocycles. The van der Waals surface area contributed by atoms with Crippen LogP contribution in [0, 0.1) is 17.1 Å². The van der Waals surface area contributed by atoms with Crippen molar-refractivity contribution in [3.63, 3.8) is 0 Å². The summed E-state index contributed by atoms with van der Waals surface area (Å²) in [6, 6.07) is 6.56. The van der Waals surface area contributed by atoms with Crippen molar-refractivity contribution < 1.29 is 17.6 Å². The van der Waals surface area contributed by atoms with Gasteiger partial charge >= 0.3 is 6.18 Å². The van der Waals surface area contributed by atoms with Crippen LogP contribution in [0.4, 0.5) is 17.6 Å². The van der Waals surface area contributed by atoms with Crippen LogP contribution in [0.5, 0.6) is 0 Å². The van der Waals surface area contributed by atoms with Crippen molar-refractivity contribution in [2.75, 3.05) is 0 Å². The smallest absolute Gasteiger partial charge is 0.310 e. The number of benzene rings is 1. The van der Waals surface area contributed by atoms with Gasteiger partial charge in [0, 0.05) is 12.3 Å². The number of rotatable bonds is 2. The second kappa shape index (κ2) is 5.40. The molecule has 0 spiro atoms. The molecule has 0 fully saturated rings. The second-order valence-corrected chi connectivity index (χ2v) is 4.29. The zero-order valence-corrected chi connectivity index (χ0v) is 10.5. The summed E-state index contributed by atoms with van der Waals surface area (Å²) < 4.78 is 51.8. The highest BCUT2D eigenvalue weighted by atomic mass is 19.4. The monoisotopic (exact) mass is 296 g/mol. The van der Waals surface area contributed by atoms with Crippen LogP contribution in [0.25, 0.3) is 0 Å². The fourth-order valence-corrected chi connectivity index (χ4v) is 1.81. The molecule has 1 aromatic carbocycles. The van der Waals surface area contributed by atoms with E-state index in [0.29, 0.717) is 12.3 Å². The van der Waals surface area contributed by atoms with E-state index in [9.17, 15) is 22.4 Å². The molecule has 0 aliphatic heterocycles. The molecule has 0 bridgehead atoms. The molecule has 0 radical (unpaired) electrons. The molecule has 108 valence electrons. The summed E-state index contributed by atoms with van der Waals surface area (Å²) in [7, 11) is 0. The van der Waals surface area contributed by atoms with Crippen molar-refractivity contribution >= 4 is 0 Å². The minimum atomic E-state index is -4.59. The molecule has 0 amide bonds. The van der Waals surface area contributed by atoms with Crippen LogP contribution in [-0.2, 0) is 12.7 Å². The fourth-order valence-electron chi connectivity index (χ4n) is 1.81. The Morgan fingerprint density at radius 1 is 1.19 bits per heavy atom. The molecule has 2 rings (SSSR count). The molecule has 21 heavy (non-hydrogen) atoms. The number of nitrogens with zero attached hydrogens (tertiary/aromatic N) is 2. The Hall–Kier alpha value is -2.62. The second-order valence-electron chi connectivity index (χ2n) is 4.29. The molecule has 0 atom stereocenters. The Morgan fingerprint density at radius 3 is 2.52 bits per heavy atom. The number of pyridine rings is 1. The van der Waals surface area contributed by atoms with Gasteiger partial charge in [0.2, 0.25) is 0 Å². The summed E-state index contributed by atoms with van der Waals surface area (Å²) in [6.45, 7) is -0.316. The summed E-state index contributed by atoms with van der Waals surface area (Å²) in [4.78, 5) is 11.6. The van der Waals surface area contributed by atoms with Crippen molar-refractivity contribution in [2.45, 2.75) is 12.7 Å². The Balaban J connectivity index is 2.47. The lowest BCUT2D eigenvalue weighted by molar-refractivity contribution is -0.138. The summed E-state index contributed by atoms with van der Waals surface area (Å²) in [5.74, 6) is -0.635. The van der Waals surface area contributed by atoms with Gasteiger partial charge in [0.1, 0.15) is 5.82 Å². The predicted octanol–water partition coefficient (Wildman–Crippen LogP) is 2.93. The average Bonchev–Trinajstić information content (AvgIpc) is 2.40. The minimum absolute atomic E-state index is 0.0979. The van der Waals surface area contributed by atoms with E-state index in [-0.39, 0.29) is 17.7 Å². The number of aromatic nitrogens is 1. The topological polar surface area (TPSA) is 45.8 Å². The largest absolute Gasteiger partial charge is 0.417 e. The van der Waals surface area contributed by atoms with Crippen LogP contribution < -0.4 is 5.56 Å². The van der Waals surface area contributed by atoms with Crippen LogP contribution in [0.3, 0.4) is 0 Å². The normalized spacial score (nSPS) is 11.2. The van der Waals surface area contributed by atoms with Gasteiger partial charge in [-0.1, -0.05) is 0 Å².